The van der Waals surface area contributed by atoms with E-state index in [0.29, 0.717) is 0 Å². The van der Waals surface area contributed by atoms with Gasteiger partial charge in [-0.25, -0.2) is 4.79 Å². The fourth-order valence-corrected chi connectivity index (χ4v) is 1.30. The van der Waals surface area contributed by atoms with Crippen molar-refractivity contribution in [2.24, 2.45) is 0 Å². The second-order valence-corrected chi connectivity index (χ2v) is 3.68. The van der Waals surface area contributed by atoms with Gasteiger partial charge in [-0.3, -0.25) is 9.59 Å². The van der Waals surface area contributed by atoms with E-state index in [1.165, 1.54) is 6.20 Å². The maximum absolute atomic E-state index is 11.5. The summed E-state index contributed by atoms with van der Waals surface area (Å²) in [4.78, 5) is 42.3. The first-order valence-electron chi connectivity index (χ1n) is 5.21. The number of carboxylic acid groups (broad SMARTS) is 2. The van der Waals surface area contributed by atoms with E-state index in [-0.39, 0.29) is 0 Å². The van der Waals surface area contributed by atoms with Crippen molar-refractivity contribution < 1.29 is 29.5 Å². The maximum atomic E-state index is 11.5. The van der Waals surface area contributed by atoms with Crippen LogP contribution in [0.2, 0.25) is 0 Å². The molecule has 20 heavy (non-hydrogen) atoms. The van der Waals surface area contributed by atoms with Crippen LogP contribution in [0.15, 0.2) is 12.3 Å². The molecular formula is C9H10N4O7. The predicted molar refractivity (Wildman–Crippen MR) is 60.7 cm³/mol. The standard InChI is InChI=1S/C9H10N4O7/c14-7(10-5(9(17)18)3-8(15)16)4-12-2-1-6(11-12)13(19)20/h1-2,5H,3-4H2,(H,10,14)(H,15,16)(H,17,18)/t5-/m0/s1. The molecule has 1 amide bonds. The van der Waals surface area contributed by atoms with Gasteiger partial charge in [0.1, 0.15) is 12.6 Å². The molecule has 1 atom stereocenters. The summed E-state index contributed by atoms with van der Waals surface area (Å²) in [6, 6.07) is -0.510. The third-order valence-electron chi connectivity index (χ3n) is 2.13. The van der Waals surface area contributed by atoms with Gasteiger partial charge in [0, 0.05) is 0 Å². The molecule has 11 nitrogen and oxygen atoms in total. The van der Waals surface area contributed by atoms with Gasteiger partial charge in [0.2, 0.25) is 5.91 Å². The van der Waals surface area contributed by atoms with Crippen LogP contribution in [0.3, 0.4) is 0 Å². The Bertz CT molecular complexity index is 552. The van der Waals surface area contributed by atoms with Crippen LogP contribution in [0.5, 0.6) is 0 Å². The summed E-state index contributed by atoms with van der Waals surface area (Å²) in [6.45, 7) is -0.461. The van der Waals surface area contributed by atoms with Crippen molar-refractivity contribution in [1.82, 2.24) is 15.1 Å². The van der Waals surface area contributed by atoms with Crippen molar-refractivity contribution in [3.8, 4) is 0 Å². The van der Waals surface area contributed by atoms with Crippen molar-refractivity contribution in [1.29, 1.82) is 0 Å². The zero-order chi connectivity index (χ0) is 15.3. The summed E-state index contributed by atoms with van der Waals surface area (Å²) in [5.41, 5.74) is 0. The summed E-state index contributed by atoms with van der Waals surface area (Å²) < 4.78 is 0.938. The second-order valence-electron chi connectivity index (χ2n) is 3.68. The van der Waals surface area contributed by atoms with E-state index in [4.69, 9.17) is 10.2 Å². The number of carbonyl (C=O) groups is 3. The monoisotopic (exact) mass is 286 g/mol. The first-order valence-corrected chi connectivity index (χ1v) is 5.21. The quantitative estimate of drug-likeness (QED) is 0.416. The van der Waals surface area contributed by atoms with Crippen LogP contribution >= 0.6 is 0 Å². The fraction of sp³-hybridized carbons (Fsp3) is 0.333. The molecule has 0 radical (unpaired) electrons. The number of nitro groups is 1. The molecule has 0 aliphatic rings. The molecular weight excluding hydrogens is 276 g/mol. The number of aliphatic carboxylic acids is 2. The summed E-state index contributed by atoms with van der Waals surface area (Å²) in [5, 5.41) is 33.0. The molecule has 1 rings (SSSR count). The minimum Gasteiger partial charge on any atom is -0.481 e. The van der Waals surface area contributed by atoms with Crippen molar-refractivity contribution >= 4 is 23.7 Å². The molecule has 1 heterocycles. The van der Waals surface area contributed by atoms with Gasteiger partial charge in [-0.15, -0.1) is 0 Å². The number of carboxylic acids is 2. The van der Waals surface area contributed by atoms with E-state index in [1.807, 2.05) is 5.32 Å². The molecule has 0 fully saturated rings. The van der Waals surface area contributed by atoms with Crippen molar-refractivity contribution in [2.45, 2.75) is 19.0 Å². The summed E-state index contributed by atoms with van der Waals surface area (Å²) >= 11 is 0. The Morgan fingerprint density at radius 1 is 1.45 bits per heavy atom. The number of hydrogen-bond donors (Lipinski definition) is 3. The van der Waals surface area contributed by atoms with Crippen LogP contribution in [0.25, 0.3) is 0 Å². The lowest BCUT2D eigenvalue weighted by Gasteiger charge is -2.11. The molecule has 3 N–H and O–H groups in total. The zero-order valence-electron chi connectivity index (χ0n) is 9.92. The van der Waals surface area contributed by atoms with Crippen molar-refractivity contribution in [3.05, 3.63) is 22.4 Å². The average molecular weight is 286 g/mol. The van der Waals surface area contributed by atoms with Gasteiger partial charge in [0.05, 0.1) is 23.8 Å². The van der Waals surface area contributed by atoms with E-state index in [1.54, 1.807) is 0 Å². The molecule has 11 heteroatoms. The van der Waals surface area contributed by atoms with Crippen LogP contribution in [0, 0.1) is 10.1 Å². The third-order valence-corrected chi connectivity index (χ3v) is 2.13. The highest BCUT2D eigenvalue weighted by atomic mass is 16.6. The number of rotatable bonds is 7. The molecule has 0 aliphatic heterocycles. The van der Waals surface area contributed by atoms with Crippen LogP contribution in [0.1, 0.15) is 6.42 Å². The zero-order valence-corrected chi connectivity index (χ0v) is 9.92. The molecule has 0 bridgehead atoms. The van der Waals surface area contributed by atoms with Gasteiger partial charge < -0.3 is 25.6 Å². The molecule has 0 unspecified atom stereocenters. The molecule has 108 valence electrons. The number of nitrogens with zero attached hydrogens (tertiary/aromatic N) is 3. The predicted octanol–water partition coefficient (Wildman–Crippen LogP) is -1.16. The van der Waals surface area contributed by atoms with E-state index in [0.717, 1.165) is 10.7 Å². The lowest BCUT2D eigenvalue weighted by molar-refractivity contribution is -0.389. The van der Waals surface area contributed by atoms with Gasteiger partial charge in [-0.1, -0.05) is 0 Å². The first kappa shape index (κ1) is 15.1. The highest BCUT2D eigenvalue weighted by Crippen LogP contribution is 2.05. The SMILES string of the molecule is O=C(O)C[C@H](NC(=O)Cn1ccc([N+](=O)[O-])n1)C(=O)O. The van der Waals surface area contributed by atoms with Gasteiger partial charge in [-0.05, 0) is 4.92 Å². The van der Waals surface area contributed by atoms with E-state index >= 15 is 0 Å². The summed E-state index contributed by atoms with van der Waals surface area (Å²) in [5.74, 6) is -4.16. The van der Waals surface area contributed by atoms with Gasteiger partial charge in [0.25, 0.3) is 0 Å². The van der Waals surface area contributed by atoms with Gasteiger partial charge in [-0.2, -0.15) is 4.68 Å². The highest BCUT2D eigenvalue weighted by molar-refractivity contribution is 5.86. The number of aromatic nitrogens is 2. The van der Waals surface area contributed by atoms with E-state index in [2.05, 4.69) is 5.10 Å². The fourth-order valence-electron chi connectivity index (χ4n) is 1.30. The first-order chi connectivity index (χ1) is 9.29. The Morgan fingerprint density at radius 2 is 2.10 bits per heavy atom. The lowest BCUT2D eigenvalue weighted by Crippen LogP contribution is -2.43. The largest absolute Gasteiger partial charge is 0.481 e. The smallest absolute Gasteiger partial charge is 0.389 e. The maximum Gasteiger partial charge on any atom is 0.389 e. The summed E-state index contributed by atoms with van der Waals surface area (Å²) in [6.07, 6.45) is 0.394. The number of amides is 1. The number of carbonyl (C=O) groups excluding carboxylic acids is 1. The Balaban J connectivity index is 2.62. The third kappa shape index (κ3) is 4.36. The normalized spacial score (nSPS) is 11.6. The lowest BCUT2D eigenvalue weighted by atomic mass is 10.2. The number of nitrogens with one attached hydrogen (secondary N) is 1. The Kier molecular flexibility index (Phi) is 4.72. The van der Waals surface area contributed by atoms with Gasteiger partial charge in [0.15, 0.2) is 0 Å². The molecule has 0 aromatic carbocycles. The van der Waals surface area contributed by atoms with E-state index in [9.17, 15) is 24.5 Å². The molecule has 1 aromatic heterocycles. The van der Waals surface area contributed by atoms with E-state index < -0.39 is 47.6 Å². The molecule has 0 saturated carbocycles. The molecule has 1 aromatic rings. The summed E-state index contributed by atoms with van der Waals surface area (Å²) in [7, 11) is 0. The molecule has 0 spiro atoms. The topological polar surface area (TPSA) is 165 Å². The van der Waals surface area contributed by atoms with Gasteiger partial charge >= 0.3 is 17.8 Å². The van der Waals surface area contributed by atoms with Crippen LogP contribution in [0.4, 0.5) is 5.82 Å². The Hall–Kier alpha value is -2.98. The van der Waals surface area contributed by atoms with Crippen molar-refractivity contribution in [3.63, 3.8) is 0 Å². The Labute approximate surface area is 111 Å². The Morgan fingerprint density at radius 3 is 2.55 bits per heavy atom. The molecule has 0 aliphatic carbocycles. The average Bonchev–Trinajstić information content (AvgIpc) is 2.75. The number of hydrogen-bond acceptors (Lipinski definition) is 6. The van der Waals surface area contributed by atoms with Crippen LogP contribution in [-0.4, -0.2) is 48.8 Å². The van der Waals surface area contributed by atoms with Crippen molar-refractivity contribution in [2.75, 3.05) is 0 Å². The minimum atomic E-state index is -1.58. The minimum absolute atomic E-state index is 0.460. The molecule has 0 saturated heterocycles. The second kappa shape index (κ2) is 6.26. The van der Waals surface area contributed by atoms with Crippen LogP contribution in [-0.2, 0) is 20.9 Å². The highest BCUT2D eigenvalue weighted by Gasteiger charge is 2.23. The van der Waals surface area contributed by atoms with Crippen LogP contribution < -0.4 is 5.32 Å².